The Labute approximate surface area is 140 Å². The van der Waals surface area contributed by atoms with Crippen molar-refractivity contribution in [2.45, 2.75) is 6.92 Å². The number of anilines is 1. The van der Waals surface area contributed by atoms with Gasteiger partial charge in [-0.2, -0.15) is 5.10 Å². The van der Waals surface area contributed by atoms with Crippen molar-refractivity contribution in [2.24, 2.45) is 5.10 Å². The van der Waals surface area contributed by atoms with Gasteiger partial charge in [-0.1, -0.05) is 6.07 Å². The fourth-order valence-corrected chi connectivity index (χ4v) is 2.39. The van der Waals surface area contributed by atoms with Crippen LogP contribution in [-0.2, 0) is 4.74 Å². The van der Waals surface area contributed by atoms with Gasteiger partial charge in [0.05, 0.1) is 24.6 Å². The Balaban J connectivity index is 1.69. The van der Waals surface area contributed by atoms with Crippen molar-refractivity contribution in [3.05, 3.63) is 54.1 Å². The molecule has 2 aromatic heterocycles. The summed E-state index contributed by atoms with van der Waals surface area (Å²) in [7, 11) is 0. The molecule has 3 heterocycles. The second kappa shape index (κ2) is 7.65. The number of carbonyl (C=O) groups is 1. The van der Waals surface area contributed by atoms with E-state index in [0.717, 1.165) is 18.8 Å². The topological polar surface area (TPSA) is 79.7 Å². The molecule has 0 bridgehead atoms. The normalized spacial score (nSPS) is 15.2. The lowest BCUT2D eigenvalue weighted by molar-refractivity contribution is 0.0950. The first-order valence-electron chi connectivity index (χ1n) is 7.79. The molecule has 7 nitrogen and oxygen atoms in total. The summed E-state index contributed by atoms with van der Waals surface area (Å²) in [6.45, 7) is 4.79. The Morgan fingerprint density at radius 1 is 1.17 bits per heavy atom. The van der Waals surface area contributed by atoms with Crippen LogP contribution in [0.25, 0.3) is 0 Å². The molecule has 24 heavy (non-hydrogen) atoms. The lowest BCUT2D eigenvalue weighted by Crippen LogP contribution is -2.36. The van der Waals surface area contributed by atoms with Crippen molar-refractivity contribution >= 4 is 17.3 Å². The minimum atomic E-state index is -0.347. The molecule has 0 unspecified atom stereocenters. The lowest BCUT2D eigenvalue weighted by atomic mass is 10.2. The number of nitrogens with one attached hydrogen (secondary N) is 1. The van der Waals surface area contributed by atoms with Gasteiger partial charge in [-0.25, -0.2) is 5.43 Å². The first kappa shape index (κ1) is 16.1. The minimum Gasteiger partial charge on any atom is -0.378 e. The maximum absolute atomic E-state index is 12.3. The number of hydrogen-bond acceptors (Lipinski definition) is 6. The van der Waals surface area contributed by atoms with Gasteiger partial charge in [-0.3, -0.25) is 14.8 Å². The SMILES string of the molecule is CC(=NNC(=O)c1cc(N2CCOCC2)ccn1)c1ccccn1. The molecule has 1 aliphatic rings. The molecule has 0 spiro atoms. The van der Waals surface area contributed by atoms with Gasteiger partial charge in [0.1, 0.15) is 5.69 Å². The predicted molar refractivity (Wildman–Crippen MR) is 91.2 cm³/mol. The summed E-state index contributed by atoms with van der Waals surface area (Å²) < 4.78 is 5.35. The van der Waals surface area contributed by atoms with Gasteiger partial charge in [-0.15, -0.1) is 0 Å². The van der Waals surface area contributed by atoms with Gasteiger partial charge in [0.2, 0.25) is 0 Å². The molecule has 124 valence electrons. The quantitative estimate of drug-likeness (QED) is 0.680. The molecule has 0 saturated carbocycles. The number of aromatic nitrogens is 2. The molecule has 3 rings (SSSR count). The summed E-state index contributed by atoms with van der Waals surface area (Å²) in [6, 6.07) is 9.20. The second-order valence-corrected chi connectivity index (χ2v) is 5.35. The van der Waals surface area contributed by atoms with Crippen molar-refractivity contribution < 1.29 is 9.53 Å². The summed E-state index contributed by atoms with van der Waals surface area (Å²) in [5.74, 6) is -0.347. The highest BCUT2D eigenvalue weighted by Gasteiger charge is 2.14. The summed E-state index contributed by atoms with van der Waals surface area (Å²) in [5.41, 5.74) is 5.17. The van der Waals surface area contributed by atoms with E-state index < -0.39 is 0 Å². The second-order valence-electron chi connectivity index (χ2n) is 5.35. The van der Waals surface area contributed by atoms with E-state index >= 15 is 0 Å². The Morgan fingerprint density at radius 2 is 1.96 bits per heavy atom. The third kappa shape index (κ3) is 3.94. The number of nitrogens with zero attached hydrogens (tertiary/aromatic N) is 4. The summed E-state index contributed by atoms with van der Waals surface area (Å²) >= 11 is 0. The van der Waals surface area contributed by atoms with Crippen LogP contribution >= 0.6 is 0 Å². The standard InChI is InChI=1S/C17H19N5O2/c1-13(15-4-2-3-6-18-15)20-21-17(23)16-12-14(5-7-19-16)22-8-10-24-11-9-22/h2-7,12H,8-11H2,1H3,(H,21,23). The molecular weight excluding hydrogens is 306 g/mol. The van der Waals surface area contributed by atoms with Crippen LogP contribution in [0.2, 0.25) is 0 Å². The van der Waals surface area contributed by atoms with E-state index in [4.69, 9.17) is 4.74 Å². The van der Waals surface area contributed by atoms with E-state index in [2.05, 4.69) is 25.4 Å². The number of hydrazone groups is 1. The van der Waals surface area contributed by atoms with Gasteiger partial charge >= 0.3 is 0 Å². The monoisotopic (exact) mass is 325 g/mol. The molecule has 1 aliphatic heterocycles. The minimum absolute atomic E-state index is 0.330. The number of morpholine rings is 1. The zero-order chi connectivity index (χ0) is 16.8. The van der Waals surface area contributed by atoms with E-state index in [1.807, 2.05) is 24.3 Å². The highest BCUT2D eigenvalue weighted by molar-refractivity contribution is 5.99. The van der Waals surface area contributed by atoms with Crippen molar-refractivity contribution in [3.8, 4) is 0 Å². The molecule has 1 fully saturated rings. The smallest absolute Gasteiger partial charge is 0.290 e. The largest absolute Gasteiger partial charge is 0.378 e. The Kier molecular flexibility index (Phi) is 5.12. The van der Waals surface area contributed by atoms with Gasteiger partial charge < -0.3 is 9.64 Å². The molecular formula is C17H19N5O2. The molecule has 0 aliphatic carbocycles. The first-order chi connectivity index (χ1) is 11.7. The van der Waals surface area contributed by atoms with Crippen molar-refractivity contribution in [1.82, 2.24) is 15.4 Å². The highest BCUT2D eigenvalue weighted by atomic mass is 16.5. The fraction of sp³-hybridized carbons (Fsp3) is 0.294. The van der Waals surface area contributed by atoms with Crippen LogP contribution in [0, 0.1) is 0 Å². The van der Waals surface area contributed by atoms with E-state index in [-0.39, 0.29) is 5.91 Å². The van der Waals surface area contributed by atoms with E-state index in [1.165, 1.54) is 0 Å². The van der Waals surface area contributed by atoms with E-state index in [0.29, 0.717) is 30.3 Å². The summed E-state index contributed by atoms with van der Waals surface area (Å²) in [6.07, 6.45) is 3.32. The van der Waals surface area contributed by atoms with Crippen LogP contribution in [0.3, 0.4) is 0 Å². The molecule has 7 heteroatoms. The Morgan fingerprint density at radius 3 is 2.71 bits per heavy atom. The zero-order valence-corrected chi connectivity index (χ0v) is 13.5. The van der Waals surface area contributed by atoms with E-state index in [9.17, 15) is 4.79 Å². The lowest BCUT2D eigenvalue weighted by Gasteiger charge is -2.28. The zero-order valence-electron chi connectivity index (χ0n) is 13.5. The average molecular weight is 325 g/mol. The van der Waals surface area contributed by atoms with E-state index in [1.54, 1.807) is 25.4 Å². The number of rotatable bonds is 4. The van der Waals surface area contributed by atoms with Crippen LogP contribution in [-0.4, -0.2) is 47.9 Å². The van der Waals surface area contributed by atoms with Crippen LogP contribution < -0.4 is 10.3 Å². The molecule has 0 atom stereocenters. The van der Waals surface area contributed by atoms with Gasteiger partial charge in [-0.05, 0) is 31.2 Å². The molecule has 2 aromatic rings. The maximum atomic E-state index is 12.3. The van der Waals surface area contributed by atoms with Crippen LogP contribution in [0.5, 0.6) is 0 Å². The number of pyridine rings is 2. The molecule has 0 radical (unpaired) electrons. The summed E-state index contributed by atoms with van der Waals surface area (Å²) in [5, 5.41) is 4.09. The third-order valence-electron chi connectivity index (χ3n) is 3.71. The molecule has 0 aromatic carbocycles. The number of hydrogen-bond donors (Lipinski definition) is 1. The number of ether oxygens (including phenoxy) is 1. The third-order valence-corrected chi connectivity index (χ3v) is 3.71. The molecule has 1 N–H and O–H groups in total. The van der Waals surface area contributed by atoms with Gasteiger partial charge in [0.25, 0.3) is 5.91 Å². The average Bonchev–Trinajstić information content (AvgIpc) is 2.67. The van der Waals surface area contributed by atoms with Crippen LogP contribution in [0.15, 0.2) is 47.8 Å². The van der Waals surface area contributed by atoms with Crippen molar-refractivity contribution in [3.63, 3.8) is 0 Å². The van der Waals surface area contributed by atoms with Gasteiger partial charge in [0.15, 0.2) is 0 Å². The number of amides is 1. The molecule has 1 amide bonds. The summed E-state index contributed by atoms with van der Waals surface area (Å²) in [4.78, 5) is 22.8. The fourth-order valence-electron chi connectivity index (χ4n) is 2.39. The maximum Gasteiger partial charge on any atom is 0.290 e. The highest BCUT2D eigenvalue weighted by Crippen LogP contribution is 2.16. The molecule has 1 saturated heterocycles. The Hall–Kier alpha value is -2.80. The number of carbonyl (C=O) groups excluding carboxylic acids is 1. The first-order valence-corrected chi connectivity index (χ1v) is 7.79. The van der Waals surface area contributed by atoms with Crippen molar-refractivity contribution in [2.75, 3.05) is 31.2 Å². The van der Waals surface area contributed by atoms with Gasteiger partial charge in [0, 0.05) is 31.2 Å². The Bertz CT molecular complexity index is 727. The van der Waals surface area contributed by atoms with Crippen LogP contribution in [0.1, 0.15) is 23.1 Å². The predicted octanol–water partition coefficient (Wildman–Crippen LogP) is 1.47. The van der Waals surface area contributed by atoms with Crippen molar-refractivity contribution in [1.29, 1.82) is 0 Å². The van der Waals surface area contributed by atoms with Crippen LogP contribution in [0.4, 0.5) is 5.69 Å².